The van der Waals surface area contributed by atoms with Crippen LogP contribution in [-0.2, 0) is 9.53 Å². The van der Waals surface area contributed by atoms with Crippen molar-refractivity contribution in [2.45, 2.75) is 26.8 Å². The van der Waals surface area contributed by atoms with Gasteiger partial charge in [0.15, 0.2) is 0 Å². The highest BCUT2D eigenvalue weighted by Crippen LogP contribution is 2.26. The average Bonchev–Trinajstić information content (AvgIpc) is 2.68. The average molecular weight is 386 g/mol. The summed E-state index contributed by atoms with van der Waals surface area (Å²) in [6.45, 7) is 5.76. The molecule has 2 N–H and O–H groups in total. The standard InChI is InChI=1S/C21H26N2O5/c1-14(2)13-27-21(25)22-15(3)20(24)23-16-8-10-17(11-9-16)28-19-7-5-6-18(12-19)26-4/h5-12,14-15H,13H2,1-4H3,(H,22,25)(H,23,24)/t15-/m1/s1. The maximum Gasteiger partial charge on any atom is 0.407 e. The Morgan fingerprint density at radius 2 is 1.64 bits per heavy atom. The van der Waals surface area contributed by atoms with Gasteiger partial charge < -0.3 is 24.8 Å². The molecule has 2 aromatic rings. The Morgan fingerprint density at radius 1 is 0.964 bits per heavy atom. The van der Waals surface area contributed by atoms with Crippen molar-refractivity contribution in [1.29, 1.82) is 0 Å². The summed E-state index contributed by atoms with van der Waals surface area (Å²) in [6, 6.07) is 13.5. The van der Waals surface area contributed by atoms with E-state index in [-0.39, 0.29) is 11.8 Å². The fourth-order valence-electron chi connectivity index (χ4n) is 2.18. The molecule has 1 atom stereocenters. The summed E-state index contributed by atoms with van der Waals surface area (Å²) in [5.74, 6) is 1.86. The van der Waals surface area contributed by atoms with Crippen LogP contribution in [0.15, 0.2) is 48.5 Å². The maximum absolute atomic E-state index is 12.2. The molecule has 0 unspecified atom stereocenters. The quantitative estimate of drug-likeness (QED) is 0.710. The number of anilines is 1. The minimum Gasteiger partial charge on any atom is -0.497 e. The van der Waals surface area contributed by atoms with E-state index in [0.29, 0.717) is 29.5 Å². The van der Waals surface area contributed by atoms with Crippen LogP contribution in [0.1, 0.15) is 20.8 Å². The lowest BCUT2D eigenvalue weighted by atomic mass is 10.2. The molecule has 0 aliphatic rings. The van der Waals surface area contributed by atoms with E-state index in [9.17, 15) is 9.59 Å². The van der Waals surface area contributed by atoms with Gasteiger partial charge in [0.25, 0.3) is 0 Å². The van der Waals surface area contributed by atoms with Crippen molar-refractivity contribution in [2.75, 3.05) is 19.0 Å². The number of amides is 2. The van der Waals surface area contributed by atoms with Gasteiger partial charge >= 0.3 is 6.09 Å². The van der Waals surface area contributed by atoms with E-state index in [1.165, 1.54) is 0 Å². The summed E-state index contributed by atoms with van der Waals surface area (Å²) in [5, 5.41) is 5.24. The van der Waals surface area contributed by atoms with Crippen molar-refractivity contribution >= 4 is 17.7 Å². The molecule has 28 heavy (non-hydrogen) atoms. The number of ether oxygens (including phenoxy) is 3. The third-order valence-electron chi connectivity index (χ3n) is 3.67. The Morgan fingerprint density at radius 3 is 2.29 bits per heavy atom. The second-order valence-electron chi connectivity index (χ2n) is 6.65. The molecule has 0 spiro atoms. The van der Waals surface area contributed by atoms with Crippen molar-refractivity contribution in [1.82, 2.24) is 5.32 Å². The highest BCUT2D eigenvalue weighted by atomic mass is 16.5. The van der Waals surface area contributed by atoms with E-state index >= 15 is 0 Å². The molecule has 0 fully saturated rings. The van der Waals surface area contributed by atoms with Crippen LogP contribution in [-0.4, -0.2) is 31.8 Å². The highest BCUT2D eigenvalue weighted by Gasteiger charge is 2.16. The van der Waals surface area contributed by atoms with E-state index in [2.05, 4.69) is 10.6 Å². The summed E-state index contributed by atoms with van der Waals surface area (Å²) >= 11 is 0. The second-order valence-corrected chi connectivity index (χ2v) is 6.65. The molecule has 0 bridgehead atoms. The van der Waals surface area contributed by atoms with Gasteiger partial charge in [0.2, 0.25) is 5.91 Å². The van der Waals surface area contributed by atoms with Gasteiger partial charge in [0, 0.05) is 11.8 Å². The molecule has 0 saturated heterocycles. The minimum absolute atomic E-state index is 0.229. The molecule has 7 nitrogen and oxygen atoms in total. The monoisotopic (exact) mass is 386 g/mol. The number of rotatable bonds is 8. The Kier molecular flexibility index (Phi) is 7.68. The van der Waals surface area contributed by atoms with Crippen LogP contribution < -0.4 is 20.1 Å². The van der Waals surface area contributed by atoms with Gasteiger partial charge in [0.1, 0.15) is 23.3 Å². The number of carbonyl (C=O) groups excluding carboxylic acids is 2. The molecule has 2 aromatic carbocycles. The van der Waals surface area contributed by atoms with Crippen LogP contribution in [0.3, 0.4) is 0 Å². The Hall–Kier alpha value is -3.22. The molecule has 2 amide bonds. The van der Waals surface area contributed by atoms with Crippen molar-refractivity contribution in [2.24, 2.45) is 5.92 Å². The molecule has 0 aliphatic heterocycles. The minimum atomic E-state index is -0.729. The molecule has 0 radical (unpaired) electrons. The van der Waals surface area contributed by atoms with Crippen molar-refractivity contribution in [3.63, 3.8) is 0 Å². The van der Waals surface area contributed by atoms with Gasteiger partial charge in [-0.3, -0.25) is 4.79 Å². The Labute approximate surface area is 165 Å². The molecule has 7 heteroatoms. The molecule has 0 aliphatic carbocycles. The lowest BCUT2D eigenvalue weighted by molar-refractivity contribution is -0.117. The SMILES string of the molecule is COc1cccc(Oc2ccc(NC(=O)[C@@H](C)NC(=O)OCC(C)C)cc2)c1. The zero-order valence-electron chi connectivity index (χ0n) is 16.5. The number of hydrogen-bond donors (Lipinski definition) is 2. The lowest BCUT2D eigenvalue weighted by Gasteiger charge is -2.15. The van der Waals surface area contributed by atoms with Gasteiger partial charge in [0.05, 0.1) is 13.7 Å². The van der Waals surface area contributed by atoms with Crippen molar-refractivity contribution in [3.8, 4) is 17.2 Å². The summed E-state index contributed by atoms with van der Waals surface area (Å²) in [7, 11) is 1.59. The van der Waals surface area contributed by atoms with Crippen LogP contribution in [0.4, 0.5) is 10.5 Å². The smallest absolute Gasteiger partial charge is 0.407 e. The van der Waals surface area contributed by atoms with Crippen LogP contribution in [0.25, 0.3) is 0 Å². The van der Waals surface area contributed by atoms with Gasteiger partial charge in [-0.2, -0.15) is 0 Å². The van der Waals surface area contributed by atoms with E-state index in [4.69, 9.17) is 14.2 Å². The maximum atomic E-state index is 12.2. The Balaban J connectivity index is 1.87. The number of nitrogens with one attached hydrogen (secondary N) is 2. The zero-order valence-corrected chi connectivity index (χ0v) is 16.5. The number of benzene rings is 2. The number of carbonyl (C=O) groups is 2. The van der Waals surface area contributed by atoms with E-state index in [1.807, 2.05) is 32.0 Å². The number of hydrogen-bond acceptors (Lipinski definition) is 5. The van der Waals surface area contributed by atoms with Crippen LogP contribution in [0, 0.1) is 5.92 Å². The molecule has 0 aromatic heterocycles. The van der Waals surface area contributed by atoms with E-state index in [1.54, 1.807) is 44.4 Å². The van der Waals surface area contributed by atoms with Gasteiger partial charge in [-0.15, -0.1) is 0 Å². The summed E-state index contributed by atoms with van der Waals surface area (Å²) < 4.78 is 15.9. The topological polar surface area (TPSA) is 85.9 Å². The molecular formula is C21H26N2O5. The predicted molar refractivity (Wildman–Crippen MR) is 107 cm³/mol. The zero-order chi connectivity index (χ0) is 20.5. The van der Waals surface area contributed by atoms with Crippen molar-refractivity contribution in [3.05, 3.63) is 48.5 Å². The van der Waals surface area contributed by atoms with Gasteiger partial charge in [-0.1, -0.05) is 19.9 Å². The summed E-state index contributed by atoms with van der Waals surface area (Å²) in [6.07, 6.45) is -0.613. The van der Waals surface area contributed by atoms with E-state index in [0.717, 1.165) is 0 Å². The first-order valence-corrected chi connectivity index (χ1v) is 9.03. The fourth-order valence-corrected chi connectivity index (χ4v) is 2.18. The van der Waals surface area contributed by atoms with E-state index < -0.39 is 12.1 Å². The largest absolute Gasteiger partial charge is 0.497 e. The van der Waals surface area contributed by atoms with Crippen LogP contribution >= 0.6 is 0 Å². The third-order valence-corrected chi connectivity index (χ3v) is 3.67. The first kappa shape index (κ1) is 21.1. The fraction of sp³-hybridized carbons (Fsp3) is 0.333. The third kappa shape index (κ3) is 6.83. The normalized spacial score (nSPS) is 11.5. The Bertz CT molecular complexity index is 790. The molecule has 2 rings (SSSR count). The highest BCUT2D eigenvalue weighted by molar-refractivity contribution is 5.96. The first-order chi connectivity index (χ1) is 13.4. The van der Waals surface area contributed by atoms with Gasteiger partial charge in [-0.25, -0.2) is 4.79 Å². The number of alkyl carbamates (subject to hydrolysis) is 1. The second kappa shape index (κ2) is 10.2. The van der Waals surface area contributed by atoms with Crippen LogP contribution in [0.2, 0.25) is 0 Å². The van der Waals surface area contributed by atoms with Crippen LogP contribution in [0.5, 0.6) is 17.2 Å². The predicted octanol–water partition coefficient (Wildman–Crippen LogP) is 4.20. The lowest BCUT2D eigenvalue weighted by Crippen LogP contribution is -2.42. The molecule has 150 valence electrons. The summed E-state index contributed by atoms with van der Waals surface area (Å²) in [5.41, 5.74) is 0.590. The first-order valence-electron chi connectivity index (χ1n) is 9.03. The van der Waals surface area contributed by atoms with Crippen molar-refractivity contribution < 1.29 is 23.8 Å². The summed E-state index contributed by atoms with van der Waals surface area (Å²) in [4.78, 5) is 23.8. The molecular weight excluding hydrogens is 360 g/mol. The van der Waals surface area contributed by atoms with Gasteiger partial charge in [-0.05, 0) is 49.2 Å². The molecule has 0 heterocycles. The number of methoxy groups -OCH3 is 1. The molecule has 0 saturated carbocycles.